The number of carbonyl (C=O) groups is 1. The Morgan fingerprint density at radius 1 is 1.03 bits per heavy atom. The van der Waals surface area contributed by atoms with Crippen LogP contribution in [0.4, 0.5) is 11.4 Å². The number of halogens is 1. The Labute approximate surface area is 198 Å². The van der Waals surface area contributed by atoms with Crippen molar-refractivity contribution in [2.45, 2.75) is 37.8 Å². The largest absolute Gasteiger partial charge is 0.382 e. The molecule has 0 aromatic heterocycles. The van der Waals surface area contributed by atoms with Gasteiger partial charge in [-0.3, -0.25) is 4.79 Å². The highest BCUT2D eigenvalue weighted by atomic mass is 35.5. The second-order valence-electron chi connectivity index (χ2n) is 8.68. The van der Waals surface area contributed by atoms with E-state index in [-0.39, 0.29) is 5.91 Å². The molecule has 2 aliphatic heterocycles. The predicted molar refractivity (Wildman–Crippen MR) is 132 cm³/mol. The summed E-state index contributed by atoms with van der Waals surface area (Å²) in [6, 6.07) is 22.6. The van der Waals surface area contributed by atoms with E-state index in [9.17, 15) is 9.90 Å². The Morgan fingerprint density at radius 3 is 2.45 bits per heavy atom. The van der Waals surface area contributed by atoms with E-state index < -0.39 is 11.1 Å². The van der Waals surface area contributed by atoms with Crippen LogP contribution >= 0.6 is 11.6 Å². The smallest absolute Gasteiger partial charge is 0.254 e. The number of nitrogens with one attached hydrogen (secondary N) is 1. The number of para-hydroxylation sites is 2. The fourth-order valence-electron chi connectivity index (χ4n) is 5.15. The first-order valence-corrected chi connectivity index (χ1v) is 11.7. The van der Waals surface area contributed by atoms with Crippen molar-refractivity contribution in [2.24, 2.45) is 4.99 Å². The number of anilines is 1. The number of amides is 1. The lowest BCUT2D eigenvalue weighted by Crippen LogP contribution is -2.65. The van der Waals surface area contributed by atoms with E-state index in [4.69, 9.17) is 16.6 Å². The molecule has 5 nitrogen and oxygen atoms in total. The fraction of sp³-hybridized carbons (Fsp3) is 0.259. The van der Waals surface area contributed by atoms with Crippen LogP contribution in [0.5, 0.6) is 0 Å². The Balaban J connectivity index is 1.85. The third kappa shape index (κ3) is 2.96. The maximum atomic E-state index is 14.2. The normalized spacial score (nSPS) is 22.8. The summed E-state index contributed by atoms with van der Waals surface area (Å²) < 4.78 is 0. The van der Waals surface area contributed by atoms with Crippen molar-refractivity contribution in [1.82, 2.24) is 5.32 Å². The molecular weight excluding hydrogens is 434 g/mol. The lowest BCUT2D eigenvalue weighted by molar-refractivity contribution is -0.136. The van der Waals surface area contributed by atoms with Gasteiger partial charge in [0.1, 0.15) is 11.4 Å². The van der Waals surface area contributed by atoms with Gasteiger partial charge in [-0.1, -0.05) is 73.5 Å². The third-order valence-electron chi connectivity index (χ3n) is 6.70. The zero-order valence-electron chi connectivity index (χ0n) is 18.7. The molecule has 0 saturated heterocycles. The molecule has 2 atom stereocenters. The summed E-state index contributed by atoms with van der Waals surface area (Å²) in [6.45, 7) is 4.33. The standard InChI is InChI=1S/C27H26ClN3O2/c1-3-4-17-29-25(32)27-19-12-6-9-15-22(19)30-24(18-11-5-8-14-21(18)28)31(27)23-16-10-7-13-20(23)26(27,2)33/h5-16,33H,3-4,17H2,1-2H3,(H,29,32)/t26-,27-/m0/s1. The summed E-state index contributed by atoms with van der Waals surface area (Å²) >= 11 is 6.63. The Morgan fingerprint density at radius 2 is 1.70 bits per heavy atom. The molecule has 2 aliphatic rings. The van der Waals surface area contributed by atoms with E-state index in [1.54, 1.807) is 6.92 Å². The van der Waals surface area contributed by atoms with Crippen molar-refractivity contribution in [2.75, 3.05) is 11.4 Å². The quantitative estimate of drug-likeness (QED) is 0.511. The predicted octanol–water partition coefficient (Wildman–Crippen LogP) is 5.27. The molecule has 168 valence electrons. The number of benzene rings is 3. The first kappa shape index (κ1) is 21.7. The van der Waals surface area contributed by atoms with Crippen molar-refractivity contribution >= 4 is 34.7 Å². The number of aliphatic imine (C=N–C) groups is 1. The monoisotopic (exact) mass is 459 g/mol. The molecule has 5 rings (SSSR count). The molecule has 0 fully saturated rings. The fourth-order valence-corrected chi connectivity index (χ4v) is 5.37. The second kappa shape index (κ2) is 8.01. The molecule has 1 amide bonds. The van der Waals surface area contributed by atoms with Gasteiger partial charge in [-0.05, 0) is 37.6 Å². The first-order chi connectivity index (χ1) is 15.9. The van der Waals surface area contributed by atoms with E-state index in [1.807, 2.05) is 77.7 Å². The number of hydrogen-bond donors (Lipinski definition) is 2. The van der Waals surface area contributed by atoms with Crippen molar-refractivity contribution in [3.8, 4) is 0 Å². The zero-order chi connectivity index (χ0) is 23.2. The maximum absolute atomic E-state index is 14.2. The Bertz CT molecular complexity index is 1270. The molecule has 0 spiro atoms. The summed E-state index contributed by atoms with van der Waals surface area (Å²) in [5, 5.41) is 15.8. The molecule has 0 bridgehead atoms. The minimum Gasteiger partial charge on any atom is -0.382 e. The number of fused-ring (bicyclic) bond motifs is 5. The van der Waals surface area contributed by atoms with Crippen LogP contribution in [0, 0.1) is 0 Å². The molecule has 0 unspecified atom stereocenters. The number of rotatable bonds is 5. The average molecular weight is 460 g/mol. The highest BCUT2D eigenvalue weighted by Crippen LogP contribution is 2.59. The molecule has 0 saturated carbocycles. The lowest BCUT2D eigenvalue weighted by Gasteiger charge is -2.48. The number of nitrogens with zero attached hydrogens (tertiary/aromatic N) is 2. The van der Waals surface area contributed by atoms with Gasteiger partial charge in [0.15, 0.2) is 5.54 Å². The van der Waals surface area contributed by atoms with Crippen LogP contribution in [0.3, 0.4) is 0 Å². The topological polar surface area (TPSA) is 64.9 Å². The number of aliphatic hydroxyl groups is 1. The van der Waals surface area contributed by atoms with E-state index in [0.717, 1.165) is 18.5 Å². The number of amidine groups is 1. The van der Waals surface area contributed by atoms with Gasteiger partial charge in [-0.25, -0.2) is 4.99 Å². The average Bonchev–Trinajstić information content (AvgIpc) is 3.04. The van der Waals surface area contributed by atoms with Crippen molar-refractivity contribution < 1.29 is 9.90 Å². The van der Waals surface area contributed by atoms with Gasteiger partial charge in [-0.15, -0.1) is 0 Å². The van der Waals surface area contributed by atoms with Crippen molar-refractivity contribution in [3.63, 3.8) is 0 Å². The van der Waals surface area contributed by atoms with E-state index in [0.29, 0.717) is 39.8 Å². The zero-order valence-corrected chi connectivity index (χ0v) is 19.4. The molecule has 3 aromatic rings. The SMILES string of the molecule is CCCCNC(=O)[C@]12c3ccccc3N=C(c3ccccc3Cl)N1c1ccccc1[C@]2(C)O. The summed E-state index contributed by atoms with van der Waals surface area (Å²) in [6.07, 6.45) is 1.81. The van der Waals surface area contributed by atoms with Crippen LogP contribution in [-0.4, -0.2) is 23.4 Å². The number of hydrogen-bond acceptors (Lipinski definition) is 4. The molecular formula is C27H26ClN3O2. The van der Waals surface area contributed by atoms with Gasteiger partial charge >= 0.3 is 0 Å². The van der Waals surface area contributed by atoms with Crippen LogP contribution in [0.2, 0.25) is 5.02 Å². The minimum absolute atomic E-state index is 0.260. The molecule has 3 aromatic carbocycles. The van der Waals surface area contributed by atoms with Crippen molar-refractivity contribution in [3.05, 3.63) is 94.5 Å². The van der Waals surface area contributed by atoms with Gasteiger partial charge in [0, 0.05) is 23.2 Å². The van der Waals surface area contributed by atoms with Crippen LogP contribution in [0.1, 0.15) is 43.4 Å². The Hall–Kier alpha value is -3.15. The molecule has 0 aliphatic carbocycles. The van der Waals surface area contributed by atoms with Crippen LogP contribution in [-0.2, 0) is 15.9 Å². The van der Waals surface area contributed by atoms with Crippen LogP contribution in [0.15, 0.2) is 77.8 Å². The molecule has 0 radical (unpaired) electrons. The molecule has 2 heterocycles. The summed E-state index contributed by atoms with van der Waals surface area (Å²) in [4.78, 5) is 21.0. The van der Waals surface area contributed by atoms with Crippen LogP contribution in [0.25, 0.3) is 0 Å². The van der Waals surface area contributed by atoms with Gasteiger partial charge in [-0.2, -0.15) is 0 Å². The minimum atomic E-state index is -1.53. The molecule has 6 heteroatoms. The highest BCUT2D eigenvalue weighted by molar-refractivity contribution is 6.36. The van der Waals surface area contributed by atoms with E-state index >= 15 is 0 Å². The highest BCUT2D eigenvalue weighted by Gasteiger charge is 2.67. The van der Waals surface area contributed by atoms with Crippen molar-refractivity contribution in [1.29, 1.82) is 0 Å². The second-order valence-corrected chi connectivity index (χ2v) is 9.08. The summed E-state index contributed by atoms with van der Waals surface area (Å²) in [5.41, 5.74) is 0.439. The molecule has 33 heavy (non-hydrogen) atoms. The van der Waals surface area contributed by atoms with E-state index in [1.165, 1.54) is 0 Å². The summed E-state index contributed by atoms with van der Waals surface area (Å²) in [7, 11) is 0. The number of carbonyl (C=O) groups excluding carboxylic acids is 1. The number of unbranched alkanes of at least 4 members (excludes halogenated alkanes) is 1. The Kier molecular flexibility index (Phi) is 5.26. The van der Waals surface area contributed by atoms with E-state index in [2.05, 4.69) is 12.2 Å². The summed E-state index contributed by atoms with van der Waals surface area (Å²) in [5.74, 6) is 0.277. The lowest BCUT2D eigenvalue weighted by atomic mass is 9.72. The molecule has 2 N–H and O–H groups in total. The van der Waals surface area contributed by atoms with Gasteiger partial charge in [0.05, 0.1) is 16.4 Å². The van der Waals surface area contributed by atoms with Gasteiger partial charge in [0.2, 0.25) is 0 Å². The third-order valence-corrected chi connectivity index (χ3v) is 7.03. The van der Waals surface area contributed by atoms with Gasteiger partial charge in [0.25, 0.3) is 5.91 Å². The van der Waals surface area contributed by atoms with Crippen LogP contribution < -0.4 is 10.2 Å². The maximum Gasteiger partial charge on any atom is 0.254 e. The van der Waals surface area contributed by atoms with Gasteiger partial charge < -0.3 is 15.3 Å². The first-order valence-electron chi connectivity index (χ1n) is 11.3.